The molecule has 15 heavy (non-hydrogen) atoms. The lowest BCUT2D eigenvalue weighted by atomic mass is 10.3. The third kappa shape index (κ3) is 2.84. The Bertz CT molecular complexity index is 438. The standard InChI is InChI=1S/C9H10N4S2/c1-6-11-12-9(14-6)13-15-8-4-2-7(10)3-5-8/h2-5H,10H2,1H3,(H,12,13). The molecule has 3 N–H and O–H groups in total. The van der Waals surface area contributed by atoms with E-state index < -0.39 is 0 Å². The molecule has 0 spiro atoms. The van der Waals surface area contributed by atoms with Gasteiger partial charge in [0.2, 0.25) is 5.13 Å². The highest BCUT2D eigenvalue weighted by Gasteiger charge is 2.00. The van der Waals surface area contributed by atoms with Gasteiger partial charge in [-0.15, -0.1) is 10.2 Å². The minimum atomic E-state index is 0.770. The average molecular weight is 238 g/mol. The van der Waals surface area contributed by atoms with Crippen molar-refractivity contribution in [2.45, 2.75) is 11.8 Å². The van der Waals surface area contributed by atoms with Crippen LogP contribution in [-0.4, -0.2) is 10.2 Å². The van der Waals surface area contributed by atoms with E-state index in [9.17, 15) is 0 Å². The van der Waals surface area contributed by atoms with Crippen LogP contribution in [0.2, 0.25) is 0 Å². The molecule has 1 heterocycles. The number of nitrogens with one attached hydrogen (secondary N) is 1. The molecule has 0 fully saturated rings. The van der Waals surface area contributed by atoms with Crippen molar-refractivity contribution in [2.75, 3.05) is 10.5 Å². The molecule has 0 bridgehead atoms. The summed E-state index contributed by atoms with van der Waals surface area (Å²) >= 11 is 3.03. The second kappa shape index (κ2) is 4.50. The Morgan fingerprint density at radius 2 is 2.00 bits per heavy atom. The SMILES string of the molecule is Cc1nnc(NSc2ccc(N)cc2)s1. The molecule has 4 nitrogen and oxygen atoms in total. The Labute approximate surface area is 96.0 Å². The fourth-order valence-electron chi connectivity index (χ4n) is 0.976. The highest BCUT2D eigenvalue weighted by atomic mass is 32.2. The van der Waals surface area contributed by atoms with Gasteiger partial charge in [-0.25, -0.2) is 0 Å². The highest BCUT2D eigenvalue weighted by molar-refractivity contribution is 8.00. The first-order chi connectivity index (χ1) is 7.24. The van der Waals surface area contributed by atoms with E-state index in [4.69, 9.17) is 5.73 Å². The van der Waals surface area contributed by atoms with Crippen LogP contribution in [0.5, 0.6) is 0 Å². The lowest BCUT2D eigenvalue weighted by Crippen LogP contribution is -1.87. The van der Waals surface area contributed by atoms with Crippen molar-refractivity contribution in [1.82, 2.24) is 10.2 Å². The van der Waals surface area contributed by atoms with Gasteiger partial charge in [0.25, 0.3) is 0 Å². The Hall–Kier alpha value is -1.27. The minimum absolute atomic E-state index is 0.770. The number of hydrogen-bond donors (Lipinski definition) is 2. The number of nitrogens with two attached hydrogens (primary N) is 1. The lowest BCUT2D eigenvalue weighted by Gasteiger charge is -2.00. The Morgan fingerprint density at radius 1 is 1.27 bits per heavy atom. The molecule has 1 aromatic carbocycles. The van der Waals surface area contributed by atoms with E-state index in [1.165, 1.54) is 23.3 Å². The van der Waals surface area contributed by atoms with Crippen molar-refractivity contribution >= 4 is 34.1 Å². The molecule has 2 aromatic rings. The fraction of sp³-hybridized carbons (Fsp3) is 0.111. The van der Waals surface area contributed by atoms with E-state index in [1.54, 1.807) is 0 Å². The molecular formula is C9H10N4S2. The molecule has 0 aliphatic heterocycles. The number of aryl methyl sites for hydroxylation is 1. The molecule has 0 amide bonds. The summed E-state index contributed by atoms with van der Waals surface area (Å²) in [6.45, 7) is 1.93. The van der Waals surface area contributed by atoms with Gasteiger partial charge in [-0.1, -0.05) is 11.3 Å². The highest BCUT2D eigenvalue weighted by Crippen LogP contribution is 2.23. The molecule has 0 saturated heterocycles. The van der Waals surface area contributed by atoms with E-state index in [-0.39, 0.29) is 0 Å². The van der Waals surface area contributed by atoms with Gasteiger partial charge >= 0.3 is 0 Å². The van der Waals surface area contributed by atoms with Crippen LogP contribution in [0.3, 0.4) is 0 Å². The minimum Gasteiger partial charge on any atom is -0.399 e. The predicted molar refractivity (Wildman–Crippen MR) is 65.0 cm³/mol. The third-order valence-corrected chi connectivity index (χ3v) is 3.35. The van der Waals surface area contributed by atoms with Crippen molar-refractivity contribution in [3.8, 4) is 0 Å². The Morgan fingerprint density at radius 3 is 2.60 bits per heavy atom. The molecule has 0 aliphatic rings. The second-order valence-corrected chi connectivity index (χ2v) is 4.96. The first kappa shape index (κ1) is 10.3. The first-order valence-corrected chi connectivity index (χ1v) is 5.96. The van der Waals surface area contributed by atoms with Crippen LogP contribution in [0.1, 0.15) is 5.01 Å². The fourth-order valence-corrected chi connectivity index (χ4v) is 2.23. The molecule has 2 rings (SSSR count). The number of rotatable bonds is 3. The maximum Gasteiger partial charge on any atom is 0.215 e. The summed E-state index contributed by atoms with van der Waals surface area (Å²) in [6.07, 6.45) is 0. The van der Waals surface area contributed by atoms with E-state index in [0.717, 1.165) is 20.7 Å². The molecule has 0 unspecified atom stereocenters. The van der Waals surface area contributed by atoms with Crippen LogP contribution in [0.25, 0.3) is 0 Å². The lowest BCUT2D eigenvalue weighted by molar-refractivity contribution is 1.06. The van der Waals surface area contributed by atoms with Crippen LogP contribution in [0.4, 0.5) is 10.8 Å². The van der Waals surface area contributed by atoms with Crippen LogP contribution >= 0.6 is 23.3 Å². The zero-order chi connectivity index (χ0) is 10.7. The molecule has 78 valence electrons. The van der Waals surface area contributed by atoms with Crippen molar-refractivity contribution in [2.24, 2.45) is 0 Å². The van der Waals surface area contributed by atoms with E-state index in [2.05, 4.69) is 14.9 Å². The molecule has 0 radical (unpaired) electrons. The van der Waals surface area contributed by atoms with E-state index in [0.29, 0.717) is 0 Å². The van der Waals surface area contributed by atoms with Crippen molar-refractivity contribution in [3.05, 3.63) is 29.3 Å². The molecule has 0 aliphatic carbocycles. The quantitative estimate of drug-likeness (QED) is 0.635. The van der Waals surface area contributed by atoms with Gasteiger partial charge in [0.1, 0.15) is 5.01 Å². The van der Waals surface area contributed by atoms with Gasteiger partial charge in [-0.3, -0.25) is 0 Å². The topological polar surface area (TPSA) is 63.8 Å². The Kier molecular flexibility index (Phi) is 3.08. The van der Waals surface area contributed by atoms with Crippen molar-refractivity contribution in [3.63, 3.8) is 0 Å². The maximum atomic E-state index is 5.59. The number of aromatic nitrogens is 2. The number of nitrogens with zero attached hydrogens (tertiary/aromatic N) is 2. The van der Waals surface area contributed by atoms with Gasteiger partial charge in [0, 0.05) is 10.6 Å². The number of nitrogen functional groups attached to an aromatic ring is 1. The van der Waals surface area contributed by atoms with E-state index >= 15 is 0 Å². The van der Waals surface area contributed by atoms with Crippen LogP contribution in [0.15, 0.2) is 29.2 Å². The monoisotopic (exact) mass is 238 g/mol. The second-order valence-electron chi connectivity index (χ2n) is 2.90. The summed E-state index contributed by atoms with van der Waals surface area (Å²) in [6, 6.07) is 7.66. The zero-order valence-corrected chi connectivity index (χ0v) is 9.73. The molecule has 0 saturated carbocycles. The van der Waals surface area contributed by atoms with Crippen LogP contribution < -0.4 is 10.5 Å². The predicted octanol–water partition coefficient (Wildman–Crippen LogP) is 2.55. The normalized spacial score (nSPS) is 10.2. The molecule has 1 aromatic heterocycles. The van der Waals surface area contributed by atoms with E-state index in [1.807, 2.05) is 31.2 Å². The van der Waals surface area contributed by atoms with Crippen LogP contribution in [-0.2, 0) is 0 Å². The van der Waals surface area contributed by atoms with Gasteiger partial charge in [-0.05, 0) is 43.1 Å². The largest absolute Gasteiger partial charge is 0.399 e. The van der Waals surface area contributed by atoms with Gasteiger partial charge in [0.05, 0.1) is 0 Å². The molecule has 0 atom stereocenters. The van der Waals surface area contributed by atoms with Crippen molar-refractivity contribution < 1.29 is 0 Å². The smallest absolute Gasteiger partial charge is 0.215 e. The summed E-state index contributed by atoms with van der Waals surface area (Å²) < 4.78 is 3.12. The van der Waals surface area contributed by atoms with Crippen LogP contribution in [0, 0.1) is 6.92 Å². The third-order valence-electron chi connectivity index (χ3n) is 1.66. The molecule has 6 heteroatoms. The summed E-state index contributed by atoms with van der Waals surface area (Å²) in [5.74, 6) is 0. The summed E-state index contributed by atoms with van der Waals surface area (Å²) in [5, 5.41) is 9.64. The van der Waals surface area contributed by atoms with Gasteiger partial charge < -0.3 is 10.5 Å². The van der Waals surface area contributed by atoms with Gasteiger partial charge in [0.15, 0.2) is 0 Å². The summed E-state index contributed by atoms with van der Waals surface area (Å²) in [7, 11) is 0. The number of benzene rings is 1. The number of anilines is 2. The average Bonchev–Trinajstić information content (AvgIpc) is 2.64. The molecular weight excluding hydrogens is 228 g/mol. The Balaban J connectivity index is 1.96. The number of hydrogen-bond acceptors (Lipinski definition) is 6. The maximum absolute atomic E-state index is 5.59. The van der Waals surface area contributed by atoms with Crippen molar-refractivity contribution in [1.29, 1.82) is 0 Å². The zero-order valence-electron chi connectivity index (χ0n) is 8.10. The summed E-state index contributed by atoms with van der Waals surface area (Å²) in [4.78, 5) is 1.09. The van der Waals surface area contributed by atoms with Gasteiger partial charge in [-0.2, -0.15) is 0 Å². The first-order valence-electron chi connectivity index (χ1n) is 4.32. The summed E-state index contributed by atoms with van der Waals surface area (Å²) in [5.41, 5.74) is 6.36.